The molecule has 8 heteroatoms. The van der Waals surface area contributed by atoms with Gasteiger partial charge in [0, 0.05) is 18.0 Å². The van der Waals surface area contributed by atoms with E-state index in [1.165, 1.54) is 24.3 Å². The second-order valence-corrected chi connectivity index (χ2v) is 10.8. The van der Waals surface area contributed by atoms with Crippen LogP contribution in [0.4, 0.5) is 5.69 Å². The van der Waals surface area contributed by atoms with Crippen molar-refractivity contribution in [3.05, 3.63) is 59.7 Å². The molecule has 1 heterocycles. The average Bonchev–Trinajstić information content (AvgIpc) is 2.81. The van der Waals surface area contributed by atoms with Crippen molar-refractivity contribution in [2.75, 3.05) is 4.72 Å². The largest absolute Gasteiger partial charge is 0.458 e. The molecule has 1 aliphatic rings. The van der Waals surface area contributed by atoms with Crippen LogP contribution in [-0.2, 0) is 24.3 Å². The molecule has 0 spiro atoms. The van der Waals surface area contributed by atoms with E-state index >= 15 is 0 Å². The molecule has 7 nitrogen and oxygen atoms in total. The van der Waals surface area contributed by atoms with Crippen molar-refractivity contribution in [3.8, 4) is 6.07 Å². The van der Waals surface area contributed by atoms with Crippen LogP contribution in [0.2, 0.25) is 0 Å². The van der Waals surface area contributed by atoms with Crippen molar-refractivity contribution in [1.82, 2.24) is 0 Å². The summed E-state index contributed by atoms with van der Waals surface area (Å²) in [6, 6.07) is 14.4. The minimum atomic E-state index is -3.88. The number of ether oxygens (including phenoxy) is 1. The van der Waals surface area contributed by atoms with E-state index in [-0.39, 0.29) is 17.1 Å². The monoisotopic (exact) mass is 496 g/mol. The fourth-order valence-corrected chi connectivity index (χ4v) is 6.04. The highest BCUT2D eigenvalue weighted by molar-refractivity contribution is 7.92. The topological polar surface area (TPSA) is 113 Å². The number of Topliss-reactive ketones (excluding diaryl/α,β-unsaturated/α-hetero) is 1. The maximum atomic E-state index is 13.3. The summed E-state index contributed by atoms with van der Waals surface area (Å²) in [7, 11) is -3.88. The van der Waals surface area contributed by atoms with Gasteiger partial charge >= 0.3 is 5.97 Å². The zero-order valence-electron chi connectivity index (χ0n) is 20.4. The lowest BCUT2D eigenvalue weighted by molar-refractivity contribution is -0.180. The van der Waals surface area contributed by atoms with Gasteiger partial charge in [0.15, 0.2) is 5.78 Å². The van der Waals surface area contributed by atoms with Crippen LogP contribution in [0.15, 0.2) is 53.4 Å². The Labute approximate surface area is 207 Å². The molecule has 2 atom stereocenters. The van der Waals surface area contributed by atoms with Gasteiger partial charge < -0.3 is 4.74 Å². The predicted octanol–water partition coefficient (Wildman–Crippen LogP) is 5.32. The fourth-order valence-electron chi connectivity index (χ4n) is 4.99. The number of cyclic esters (lactones) is 1. The van der Waals surface area contributed by atoms with E-state index in [9.17, 15) is 18.0 Å². The average molecular weight is 497 g/mol. The maximum absolute atomic E-state index is 13.3. The summed E-state index contributed by atoms with van der Waals surface area (Å²) in [5.74, 6) is -1.93. The summed E-state index contributed by atoms with van der Waals surface area (Å²) in [5.41, 5.74) is 0.669. The number of sulfonamides is 1. The smallest absolute Gasteiger partial charge is 0.317 e. The minimum Gasteiger partial charge on any atom is -0.458 e. The van der Waals surface area contributed by atoms with E-state index in [0.717, 1.165) is 12.8 Å². The number of benzene rings is 2. The molecular formula is C27H32N2O5S. The van der Waals surface area contributed by atoms with Crippen molar-refractivity contribution in [2.45, 2.75) is 75.7 Å². The molecular weight excluding hydrogens is 464 g/mol. The van der Waals surface area contributed by atoms with Gasteiger partial charge in [0.2, 0.25) is 0 Å². The Morgan fingerprint density at radius 3 is 2.29 bits per heavy atom. The van der Waals surface area contributed by atoms with Gasteiger partial charge in [-0.05, 0) is 61.2 Å². The highest BCUT2D eigenvalue weighted by atomic mass is 32.2. The number of nitriles is 1. The molecule has 0 amide bonds. The van der Waals surface area contributed by atoms with Crippen LogP contribution in [0, 0.1) is 17.2 Å². The van der Waals surface area contributed by atoms with Gasteiger partial charge in [-0.2, -0.15) is 5.26 Å². The third-order valence-electron chi connectivity index (χ3n) is 6.53. The summed E-state index contributed by atoms with van der Waals surface area (Å²) in [6.07, 6.45) is 3.70. The van der Waals surface area contributed by atoms with Crippen LogP contribution in [0.3, 0.4) is 0 Å². The first kappa shape index (κ1) is 26.4. The lowest BCUT2D eigenvalue weighted by Gasteiger charge is -2.40. The standard InChI is InChI=1S/C27H32N2O5S/c1-4-14-27(15-5-2)17-24(30)25(26(31)34-27)23(6-3)20-8-7-9-21(16-20)29-35(32,33)22-12-10-19(18-28)11-13-22/h7-13,16,23,25,29H,4-6,14-15,17H2,1-3H3. The number of carbonyl (C=O) groups is 2. The number of ketones is 1. The molecule has 1 N–H and O–H groups in total. The highest BCUT2D eigenvalue weighted by Crippen LogP contribution is 2.41. The van der Waals surface area contributed by atoms with Crippen molar-refractivity contribution in [2.24, 2.45) is 5.92 Å². The van der Waals surface area contributed by atoms with Gasteiger partial charge in [0.25, 0.3) is 10.0 Å². The zero-order valence-corrected chi connectivity index (χ0v) is 21.2. The number of rotatable bonds is 10. The van der Waals surface area contributed by atoms with Crippen LogP contribution in [-0.4, -0.2) is 25.8 Å². The van der Waals surface area contributed by atoms with E-state index in [1.54, 1.807) is 24.3 Å². The van der Waals surface area contributed by atoms with E-state index in [4.69, 9.17) is 10.00 Å². The van der Waals surface area contributed by atoms with Gasteiger partial charge in [-0.3, -0.25) is 14.3 Å². The fraction of sp³-hybridized carbons (Fsp3) is 0.444. The first-order chi connectivity index (χ1) is 16.7. The Morgan fingerprint density at radius 1 is 1.09 bits per heavy atom. The van der Waals surface area contributed by atoms with E-state index in [1.807, 2.05) is 26.8 Å². The second kappa shape index (κ2) is 11.0. The number of carbonyl (C=O) groups excluding carboxylic acids is 2. The SMILES string of the molecule is CCCC1(CCC)CC(=O)C(C(CC)c2cccc(NS(=O)(=O)c3ccc(C#N)cc3)c2)C(=O)O1. The Morgan fingerprint density at radius 2 is 1.74 bits per heavy atom. The number of nitrogens with zero attached hydrogens (tertiary/aromatic N) is 1. The highest BCUT2D eigenvalue weighted by Gasteiger charge is 2.48. The number of hydrogen-bond acceptors (Lipinski definition) is 6. The van der Waals surface area contributed by atoms with Crippen LogP contribution < -0.4 is 4.72 Å². The van der Waals surface area contributed by atoms with Gasteiger partial charge in [-0.25, -0.2) is 8.42 Å². The molecule has 1 saturated heterocycles. The normalized spacial score (nSPS) is 18.4. The summed E-state index contributed by atoms with van der Waals surface area (Å²) in [5, 5.41) is 8.93. The molecule has 2 unspecified atom stereocenters. The maximum Gasteiger partial charge on any atom is 0.317 e. The minimum absolute atomic E-state index is 0.0307. The van der Waals surface area contributed by atoms with E-state index in [2.05, 4.69) is 4.72 Å². The summed E-state index contributed by atoms with van der Waals surface area (Å²) >= 11 is 0. The summed E-state index contributed by atoms with van der Waals surface area (Å²) in [4.78, 5) is 26.4. The first-order valence-electron chi connectivity index (χ1n) is 12.1. The van der Waals surface area contributed by atoms with Crippen LogP contribution in [0.25, 0.3) is 0 Å². The predicted molar refractivity (Wildman–Crippen MR) is 133 cm³/mol. The van der Waals surface area contributed by atoms with Crippen LogP contribution in [0.5, 0.6) is 0 Å². The van der Waals surface area contributed by atoms with E-state index in [0.29, 0.717) is 36.1 Å². The second-order valence-electron chi connectivity index (χ2n) is 9.11. The number of anilines is 1. The molecule has 0 saturated carbocycles. The van der Waals surface area contributed by atoms with Crippen molar-refractivity contribution in [1.29, 1.82) is 5.26 Å². The van der Waals surface area contributed by atoms with Gasteiger partial charge in [-0.1, -0.05) is 45.7 Å². The Bertz CT molecular complexity index is 1190. The quantitative estimate of drug-likeness (QED) is 0.352. The van der Waals surface area contributed by atoms with Crippen molar-refractivity contribution in [3.63, 3.8) is 0 Å². The Hall–Kier alpha value is -3.18. The van der Waals surface area contributed by atoms with Crippen molar-refractivity contribution < 1.29 is 22.7 Å². The number of nitrogens with one attached hydrogen (secondary N) is 1. The molecule has 35 heavy (non-hydrogen) atoms. The number of esters is 1. The van der Waals surface area contributed by atoms with Gasteiger partial charge in [0.05, 0.1) is 16.5 Å². The molecule has 1 fully saturated rings. The van der Waals surface area contributed by atoms with E-state index < -0.39 is 33.4 Å². The molecule has 0 aromatic heterocycles. The van der Waals surface area contributed by atoms with Crippen LogP contribution in [0.1, 0.15) is 76.3 Å². The number of hydrogen-bond donors (Lipinski definition) is 1. The third-order valence-corrected chi connectivity index (χ3v) is 7.93. The summed E-state index contributed by atoms with van der Waals surface area (Å²) in [6.45, 7) is 5.93. The molecule has 0 bridgehead atoms. The molecule has 2 aromatic carbocycles. The van der Waals surface area contributed by atoms with Gasteiger partial charge in [-0.15, -0.1) is 0 Å². The van der Waals surface area contributed by atoms with Gasteiger partial charge in [0.1, 0.15) is 11.5 Å². The zero-order chi connectivity index (χ0) is 25.6. The van der Waals surface area contributed by atoms with Crippen LogP contribution >= 0.6 is 0 Å². The Kier molecular flexibility index (Phi) is 8.34. The third kappa shape index (κ3) is 5.91. The summed E-state index contributed by atoms with van der Waals surface area (Å²) < 4.78 is 34.1. The first-order valence-corrected chi connectivity index (χ1v) is 13.6. The lowest BCUT2D eigenvalue weighted by atomic mass is 9.74. The Balaban J connectivity index is 1.85. The molecule has 1 aliphatic heterocycles. The molecule has 0 aliphatic carbocycles. The lowest BCUT2D eigenvalue weighted by Crippen LogP contribution is -2.49. The molecule has 3 rings (SSSR count). The van der Waals surface area contributed by atoms with Crippen molar-refractivity contribution >= 4 is 27.5 Å². The molecule has 186 valence electrons. The molecule has 2 aromatic rings. The molecule has 0 radical (unpaired) electrons.